The predicted octanol–water partition coefficient (Wildman–Crippen LogP) is 1.78. The van der Waals surface area contributed by atoms with Crippen LogP contribution in [0, 0.1) is 12.3 Å². The van der Waals surface area contributed by atoms with Crippen molar-refractivity contribution in [3.63, 3.8) is 0 Å². The molecule has 128 valence electrons. The molecule has 2 aliphatic rings. The highest BCUT2D eigenvalue weighted by molar-refractivity contribution is 9.10. The van der Waals surface area contributed by atoms with Crippen molar-refractivity contribution < 1.29 is 14.4 Å². The van der Waals surface area contributed by atoms with Crippen LogP contribution in [-0.2, 0) is 14.4 Å². The first-order valence-electron chi connectivity index (χ1n) is 8.02. The van der Waals surface area contributed by atoms with Gasteiger partial charge in [-0.25, -0.2) is 0 Å². The molecule has 0 spiro atoms. The number of carbonyl (C=O) groups is 3. The maximum atomic E-state index is 12.8. The van der Waals surface area contributed by atoms with Crippen LogP contribution in [0.3, 0.4) is 0 Å². The molecule has 1 heterocycles. The van der Waals surface area contributed by atoms with E-state index in [1.165, 1.54) is 0 Å². The van der Waals surface area contributed by atoms with E-state index < -0.39 is 5.41 Å². The van der Waals surface area contributed by atoms with Gasteiger partial charge in [0, 0.05) is 30.7 Å². The molecule has 0 bridgehead atoms. The molecule has 0 radical (unpaired) electrons. The molecule has 1 aliphatic carbocycles. The molecule has 1 aromatic carbocycles. The molecular formula is C17H20BrN3O3. The summed E-state index contributed by atoms with van der Waals surface area (Å²) < 4.78 is 0.804. The summed E-state index contributed by atoms with van der Waals surface area (Å²) in [6.45, 7) is 4.00. The molecule has 1 aromatic rings. The summed E-state index contributed by atoms with van der Waals surface area (Å²) in [4.78, 5) is 39.6. The standard InChI is InChI=1S/C17H20BrN3O3/c1-12-2-3-14(13(18)10-12)19-15(23)17(4-5-17)16(24)21-8-6-20(11-22)7-9-21/h2-3,10-11H,4-9H2,1H3,(H,19,23). The van der Waals surface area contributed by atoms with Crippen LogP contribution in [0.5, 0.6) is 0 Å². The van der Waals surface area contributed by atoms with Crippen LogP contribution >= 0.6 is 15.9 Å². The Bertz CT molecular complexity index is 680. The highest BCUT2D eigenvalue weighted by atomic mass is 79.9. The van der Waals surface area contributed by atoms with Gasteiger partial charge in [-0.2, -0.15) is 0 Å². The first-order valence-corrected chi connectivity index (χ1v) is 8.82. The van der Waals surface area contributed by atoms with E-state index in [9.17, 15) is 14.4 Å². The lowest BCUT2D eigenvalue weighted by molar-refractivity contribution is -0.144. The molecule has 1 saturated heterocycles. The number of benzene rings is 1. The Labute approximate surface area is 149 Å². The van der Waals surface area contributed by atoms with Crippen molar-refractivity contribution in [3.05, 3.63) is 28.2 Å². The molecule has 0 unspecified atom stereocenters. The molecule has 24 heavy (non-hydrogen) atoms. The van der Waals surface area contributed by atoms with Crippen LogP contribution < -0.4 is 5.32 Å². The first-order chi connectivity index (χ1) is 11.5. The number of nitrogens with zero attached hydrogens (tertiary/aromatic N) is 2. The number of hydrogen-bond acceptors (Lipinski definition) is 3. The lowest BCUT2D eigenvalue weighted by atomic mass is 10.0. The molecule has 0 aromatic heterocycles. The Hall–Kier alpha value is -1.89. The smallest absolute Gasteiger partial charge is 0.240 e. The van der Waals surface area contributed by atoms with Crippen molar-refractivity contribution in [2.24, 2.45) is 5.41 Å². The molecular weight excluding hydrogens is 374 g/mol. The lowest BCUT2D eigenvalue weighted by Gasteiger charge is -2.34. The largest absolute Gasteiger partial charge is 0.342 e. The van der Waals surface area contributed by atoms with E-state index in [1.54, 1.807) is 9.80 Å². The number of nitrogens with one attached hydrogen (secondary N) is 1. The predicted molar refractivity (Wildman–Crippen MR) is 93.4 cm³/mol. The zero-order valence-electron chi connectivity index (χ0n) is 13.5. The molecule has 0 atom stereocenters. The van der Waals surface area contributed by atoms with Gasteiger partial charge >= 0.3 is 0 Å². The second-order valence-electron chi connectivity index (χ2n) is 6.45. The molecule has 3 amide bonds. The molecule has 7 heteroatoms. The van der Waals surface area contributed by atoms with Crippen molar-refractivity contribution >= 4 is 39.8 Å². The summed E-state index contributed by atoms with van der Waals surface area (Å²) in [7, 11) is 0. The van der Waals surface area contributed by atoms with Crippen molar-refractivity contribution in [3.8, 4) is 0 Å². The number of amides is 3. The Morgan fingerprint density at radius 3 is 2.42 bits per heavy atom. The van der Waals surface area contributed by atoms with Crippen LogP contribution in [0.25, 0.3) is 0 Å². The monoisotopic (exact) mass is 393 g/mol. The van der Waals surface area contributed by atoms with Gasteiger partial charge in [0.05, 0.1) is 5.69 Å². The summed E-state index contributed by atoms with van der Waals surface area (Å²) in [6.07, 6.45) is 1.96. The van der Waals surface area contributed by atoms with Gasteiger partial charge in [-0.15, -0.1) is 0 Å². The van der Waals surface area contributed by atoms with E-state index in [1.807, 2.05) is 25.1 Å². The molecule has 3 rings (SSSR count). The minimum atomic E-state index is -0.937. The highest BCUT2D eigenvalue weighted by Gasteiger charge is 2.58. The van der Waals surface area contributed by atoms with Gasteiger partial charge in [-0.3, -0.25) is 14.4 Å². The number of rotatable bonds is 4. The van der Waals surface area contributed by atoms with Crippen molar-refractivity contribution in [1.82, 2.24) is 9.80 Å². The van der Waals surface area contributed by atoms with Crippen LogP contribution in [0.1, 0.15) is 18.4 Å². The lowest BCUT2D eigenvalue weighted by Crippen LogP contribution is -2.52. The fourth-order valence-corrected chi connectivity index (χ4v) is 3.55. The summed E-state index contributed by atoms with van der Waals surface area (Å²) in [5, 5.41) is 2.88. The zero-order valence-corrected chi connectivity index (χ0v) is 15.1. The van der Waals surface area contributed by atoms with Crippen molar-refractivity contribution in [2.45, 2.75) is 19.8 Å². The number of aryl methyl sites for hydroxylation is 1. The molecule has 6 nitrogen and oxygen atoms in total. The maximum Gasteiger partial charge on any atom is 0.240 e. The normalized spacial score (nSPS) is 18.9. The SMILES string of the molecule is Cc1ccc(NC(=O)C2(C(=O)N3CCN(C=O)CC3)CC2)c(Br)c1. The van der Waals surface area contributed by atoms with E-state index >= 15 is 0 Å². The summed E-state index contributed by atoms with van der Waals surface area (Å²) >= 11 is 3.44. The fourth-order valence-electron chi connectivity index (χ4n) is 2.96. The van der Waals surface area contributed by atoms with E-state index in [2.05, 4.69) is 21.2 Å². The molecule has 2 fully saturated rings. The second-order valence-corrected chi connectivity index (χ2v) is 7.31. The highest BCUT2D eigenvalue weighted by Crippen LogP contribution is 2.48. The fraction of sp³-hybridized carbons (Fsp3) is 0.471. The number of halogens is 1. The van der Waals surface area contributed by atoms with Crippen LogP contribution in [0.2, 0.25) is 0 Å². The van der Waals surface area contributed by atoms with Crippen molar-refractivity contribution in [2.75, 3.05) is 31.5 Å². The van der Waals surface area contributed by atoms with Gasteiger partial charge in [0.1, 0.15) is 5.41 Å². The van der Waals surface area contributed by atoms with E-state index in [-0.39, 0.29) is 11.8 Å². The third-order valence-corrected chi connectivity index (χ3v) is 5.37. The minimum absolute atomic E-state index is 0.117. The number of anilines is 1. The van der Waals surface area contributed by atoms with Crippen LogP contribution in [0.4, 0.5) is 5.69 Å². The third kappa shape index (κ3) is 3.17. The minimum Gasteiger partial charge on any atom is -0.342 e. The zero-order chi connectivity index (χ0) is 17.3. The third-order valence-electron chi connectivity index (χ3n) is 4.72. The average molecular weight is 394 g/mol. The second kappa shape index (κ2) is 6.55. The Balaban J connectivity index is 1.68. The maximum absolute atomic E-state index is 12.8. The Morgan fingerprint density at radius 1 is 1.21 bits per heavy atom. The van der Waals surface area contributed by atoms with Gasteiger partial charge in [0.15, 0.2) is 0 Å². The number of piperazine rings is 1. The first kappa shape index (κ1) is 17.0. The number of hydrogen-bond donors (Lipinski definition) is 1. The van der Waals surface area contributed by atoms with E-state index in [4.69, 9.17) is 0 Å². The van der Waals surface area contributed by atoms with Gasteiger partial charge in [-0.1, -0.05) is 6.07 Å². The van der Waals surface area contributed by atoms with Crippen LogP contribution in [-0.4, -0.2) is 54.2 Å². The van der Waals surface area contributed by atoms with Gasteiger partial charge in [-0.05, 0) is 53.4 Å². The van der Waals surface area contributed by atoms with Crippen LogP contribution in [0.15, 0.2) is 22.7 Å². The molecule has 1 aliphatic heterocycles. The topological polar surface area (TPSA) is 69.7 Å². The Morgan fingerprint density at radius 2 is 1.88 bits per heavy atom. The van der Waals surface area contributed by atoms with E-state index in [0.717, 1.165) is 16.4 Å². The Kier molecular flexibility index (Phi) is 4.62. The molecule has 1 N–H and O–H groups in total. The van der Waals surface area contributed by atoms with Crippen molar-refractivity contribution in [1.29, 1.82) is 0 Å². The molecule has 1 saturated carbocycles. The number of carbonyl (C=O) groups excluding carboxylic acids is 3. The van der Waals surface area contributed by atoms with Gasteiger partial charge in [0.25, 0.3) is 0 Å². The summed E-state index contributed by atoms with van der Waals surface area (Å²) in [5.41, 5.74) is 0.828. The average Bonchev–Trinajstić information content (AvgIpc) is 3.38. The van der Waals surface area contributed by atoms with Gasteiger partial charge < -0.3 is 15.1 Å². The quantitative estimate of drug-likeness (QED) is 0.625. The van der Waals surface area contributed by atoms with E-state index in [0.29, 0.717) is 44.7 Å². The van der Waals surface area contributed by atoms with Gasteiger partial charge in [0.2, 0.25) is 18.2 Å². The summed E-state index contributed by atoms with van der Waals surface area (Å²) in [6, 6.07) is 5.68. The summed E-state index contributed by atoms with van der Waals surface area (Å²) in [5.74, 6) is -0.358.